The minimum Gasteiger partial charge on any atom is -0.469 e. The molecule has 0 aliphatic carbocycles. The van der Waals surface area contributed by atoms with E-state index >= 15 is 0 Å². The SMILES string of the molecule is Cc1cc(C(=O)Cc2cc(F)ccc2Br)co1. The third-order valence-corrected chi connectivity index (χ3v) is 3.18. The van der Waals surface area contributed by atoms with Gasteiger partial charge in [-0.1, -0.05) is 15.9 Å². The van der Waals surface area contributed by atoms with Crippen molar-refractivity contribution < 1.29 is 13.6 Å². The zero-order valence-electron chi connectivity index (χ0n) is 9.17. The van der Waals surface area contributed by atoms with Gasteiger partial charge in [-0.3, -0.25) is 4.79 Å². The first-order valence-electron chi connectivity index (χ1n) is 5.08. The molecule has 17 heavy (non-hydrogen) atoms. The molecule has 0 saturated heterocycles. The molecule has 0 fully saturated rings. The molecule has 0 aliphatic heterocycles. The number of furan rings is 1. The maximum atomic E-state index is 13.1. The van der Waals surface area contributed by atoms with Crippen molar-refractivity contribution in [2.45, 2.75) is 13.3 Å². The average Bonchev–Trinajstić information content (AvgIpc) is 2.70. The second-order valence-corrected chi connectivity index (χ2v) is 4.64. The van der Waals surface area contributed by atoms with Gasteiger partial charge >= 0.3 is 0 Å². The molecule has 0 spiro atoms. The van der Waals surface area contributed by atoms with Gasteiger partial charge in [-0.05, 0) is 36.8 Å². The lowest BCUT2D eigenvalue weighted by Crippen LogP contribution is -2.03. The first-order valence-corrected chi connectivity index (χ1v) is 5.88. The Morgan fingerprint density at radius 3 is 2.82 bits per heavy atom. The topological polar surface area (TPSA) is 30.2 Å². The van der Waals surface area contributed by atoms with Crippen LogP contribution in [-0.4, -0.2) is 5.78 Å². The molecule has 0 saturated carbocycles. The van der Waals surface area contributed by atoms with E-state index < -0.39 is 0 Å². The van der Waals surface area contributed by atoms with Crippen LogP contribution in [0.2, 0.25) is 0 Å². The van der Waals surface area contributed by atoms with Crippen molar-refractivity contribution in [2.75, 3.05) is 0 Å². The number of hydrogen-bond donors (Lipinski definition) is 0. The molecule has 0 atom stereocenters. The van der Waals surface area contributed by atoms with E-state index in [1.807, 2.05) is 0 Å². The summed E-state index contributed by atoms with van der Waals surface area (Å²) in [5.41, 5.74) is 1.15. The smallest absolute Gasteiger partial charge is 0.170 e. The largest absolute Gasteiger partial charge is 0.469 e. The standard InChI is InChI=1S/C13H10BrFO2/c1-8-4-10(7-17-8)13(16)6-9-5-11(15)2-3-12(9)14/h2-5,7H,6H2,1H3. The van der Waals surface area contributed by atoms with E-state index in [1.54, 1.807) is 19.1 Å². The maximum absolute atomic E-state index is 13.1. The number of ketones is 1. The molecule has 0 radical (unpaired) electrons. The van der Waals surface area contributed by atoms with E-state index in [2.05, 4.69) is 15.9 Å². The zero-order valence-corrected chi connectivity index (χ0v) is 10.8. The normalized spacial score (nSPS) is 10.5. The predicted octanol–water partition coefficient (Wildman–Crippen LogP) is 3.92. The number of halogens is 2. The summed E-state index contributed by atoms with van der Waals surface area (Å²) in [5.74, 6) is 0.249. The predicted molar refractivity (Wildman–Crippen MR) is 65.6 cm³/mol. The van der Waals surface area contributed by atoms with Crippen molar-refractivity contribution in [3.8, 4) is 0 Å². The van der Waals surface area contributed by atoms with Gasteiger partial charge in [-0.15, -0.1) is 0 Å². The van der Waals surface area contributed by atoms with Crippen molar-refractivity contribution >= 4 is 21.7 Å². The summed E-state index contributed by atoms with van der Waals surface area (Å²) in [4.78, 5) is 11.9. The number of hydrogen-bond acceptors (Lipinski definition) is 2. The molecule has 0 bridgehead atoms. The Kier molecular flexibility index (Phi) is 3.43. The minimum atomic E-state index is -0.348. The summed E-state index contributed by atoms with van der Waals surface area (Å²) in [5, 5.41) is 0. The summed E-state index contributed by atoms with van der Waals surface area (Å²) in [7, 11) is 0. The van der Waals surface area contributed by atoms with Crippen molar-refractivity contribution in [3.63, 3.8) is 0 Å². The van der Waals surface area contributed by atoms with Crippen LogP contribution in [0.25, 0.3) is 0 Å². The third kappa shape index (κ3) is 2.82. The van der Waals surface area contributed by atoms with Gasteiger partial charge in [0.05, 0.1) is 5.56 Å². The summed E-state index contributed by atoms with van der Waals surface area (Å²) >= 11 is 3.29. The quantitative estimate of drug-likeness (QED) is 0.804. The highest BCUT2D eigenvalue weighted by molar-refractivity contribution is 9.10. The van der Waals surface area contributed by atoms with Crippen LogP contribution in [0.3, 0.4) is 0 Å². The fourth-order valence-electron chi connectivity index (χ4n) is 1.54. The number of aryl methyl sites for hydroxylation is 1. The van der Waals surface area contributed by atoms with Crippen LogP contribution in [0, 0.1) is 12.7 Å². The van der Waals surface area contributed by atoms with Crippen LogP contribution in [0.4, 0.5) is 4.39 Å². The molecule has 4 heteroatoms. The molecule has 1 aromatic carbocycles. The number of carbonyl (C=O) groups is 1. The molecule has 2 aromatic rings. The fourth-order valence-corrected chi connectivity index (χ4v) is 1.93. The fraction of sp³-hybridized carbons (Fsp3) is 0.154. The molecule has 0 amide bonds. The molecule has 2 rings (SSSR count). The van der Waals surface area contributed by atoms with Crippen molar-refractivity contribution in [2.24, 2.45) is 0 Å². The number of rotatable bonds is 3. The molecule has 2 nitrogen and oxygen atoms in total. The van der Waals surface area contributed by atoms with Crippen LogP contribution in [0.15, 0.2) is 39.4 Å². The van der Waals surface area contributed by atoms with E-state index in [0.717, 1.165) is 4.47 Å². The van der Waals surface area contributed by atoms with E-state index in [9.17, 15) is 9.18 Å². The lowest BCUT2D eigenvalue weighted by molar-refractivity contribution is 0.0992. The highest BCUT2D eigenvalue weighted by atomic mass is 79.9. The summed E-state index contributed by atoms with van der Waals surface area (Å²) < 4.78 is 18.9. The van der Waals surface area contributed by atoms with Crippen LogP contribution in [0.1, 0.15) is 21.7 Å². The first kappa shape index (κ1) is 12.0. The lowest BCUT2D eigenvalue weighted by Gasteiger charge is -2.02. The second kappa shape index (κ2) is 4.84. The molecule has 0 unspecified atom stereocenters. The van der Waals surface area contributed by atoms with Crippen LogP contribution in [-0.2, 0) is 6.42 Å². The van der Waals surface area contributed by atoms with Crippen LogP contribution in [0.5, 0.6) is 0 Å². The zero-order chi connectivity index (χ0) is 12.4. The Hall–Kier alpha value is -1.42. The van der Waals surface area contributed by atoms with Gasteiger partial charge in [-0.2, -0.15) is 0 Å². The van der Waals surface area contributed by atoms with Gasteiger partial charge in [0.2, 0.25) is 0 Å². The highest BCUT2D eigenvalue weighted by Gasteiger charge is 2.12. The Bertz CT molecular complexity index is 560. The van der Waals surface area contributed by atoms with Crippen LogP contribution >= 0.6 is 15.9 Å². The summed E-state index contributed by atoms with van der Waals surface area (Å²) in [6.45, 7) is 1.77. The van der Waals surface area contributed by atoms with Gasteiger partial charge in [0.1, 0.15) is 17.8 Å². The van der Waals surface area contributed by atoms with Gasteiger partial charge in [0.15, 0.2) is 5.78 Å². The second-order valence-electron chi connectivity index (χ2n) is 3.78. The maximum Gasteiger partial charge on any atom is 0.170 e. The molecular formula is C13H10BrFO2. The van der Waals surface area contributed by atoms with E-state index in [1.165, 1.54) is 18.4 Å². The van der Waals surface area contributed by atoms with Crippen LogP contribution < -0.4 is 0 Å². The third-order valence-electron chi connectivity index (χ3n) is 2.41. The summed E-state index contributed by atoms with van der Waals surface area (Å²) in [6.07, 6.45) is 1.57. The molecular weight excluding hydrogens is 287 g/mol. The molecule has 88 valence electrons. The molecule has 1 aromatic heterocycles. The van der Waals surface area contributed by atoms with Gasteiger partial charge < -0.3 is 4.42 Å². The van der Waals surface area contributed by atoms with Gasteiger partial charge in [0, 0.05) is 10.9 Å². The molecule has 0 N–H and O–H groups in total. The Balaban J connectivity index is 2.21. The van der Waals surface area contributed by atoms with Crippen molar-refractivity contribution in [1.82, 2.24) is 0 Å². The average molecular weight is 297 g/mol. The Labute approximate surface area is 107 Å². The molecule has 0 aliphatic rings. The monoisotopic (exact) mass is 296 g/mol. The number of carbonyl (C=O) groups excluding carboxylic acids is 1. The van der Waals surface area contributed by atoms with Crippen molar-refractivity contribution in [1.29, 1.82) is 0 Å². The van der Waals surface area contributed by atoms with Gasteiger partial charge in [0.25, 0.3) is 0 Å². The highest BCUT2D eigenvalue weighted by Crippen LogP contribution is 2.20. The Morgan fingerprint density at radius 2 is 2.18 bits per heavy atom. The summed E-state index contributed by atoms with van der Waals surface area (Å²) in [6, 6.07) is 5.98. The van der Waals surface area contributed by atoms with E-state index in [-0.39, 0.29) is 18.0 Å². The number of benzene rings is 1. The number of Topliss-reactive ketones (excluding diaryl/α,β-unsaturated/α-hetero) is 1. The molecule has 1 heterocycles. The first-order chi connectivity index (χ1) is 8.06. The van der Waals surface area contributed by atoms with E-state index in [4.69, 9.17) is 4.42 Å². The lowest BCUT2D eigenvalue weighted by atomic mass is 10.1. The van der Waals surface area contributed by atoms with Gasteiger partial charge in [-0.25, -0.2) is 4.39 Å². The van der Waals surface area contributed by atoms with Crippen molar-refractivity contribution in [3.05, 3.63) is 57.7 Å². The van der Waals surface area contributed by atoms with E-state index in [0.29, 0.717) is 16.9 Å². The Morgan fingerprint density at radius 1 is 1.41 bits per heavy atom. The minimum absolute atomic E-state index is 0.0897.